The zero-order valence-corrected chi connectivity index (χ0v) is 23.3. The minimum absolute atomic E-state index is 0.266. The molecule has 1 aromatic carbocycles. The third-order valence-corrected chi connectivity index (χ3v) is 8.54. The number of likely N-dealkylation sites (tertiary alicyclic amines) is 1. The molecule has 0 aliphatic carbocycles. The van der Waals surface area contributed by atoms with Gasteiger partial charge in [-0.05, 0) is 30.6 Å². The zero-order valence-electron chi connectivity index (χ0n) is 20.9. The quantitative estimate of drug-likeness (QED) is 0.227. The van der Waals surface area contributed by atoms with E-state index in [0.29, 0.717) is 35.8 Å². The summed E-state index contributed by atoms with van der Waals surface area (Å²) in [6, 6.07) is 9.72. The van der Waals surface area contributed by atoms with Gasteiger partial charge in [0.05, 0.1) is 23.6 Å². The lowest BCUT2D eigenvalue weighted by Gasteiger charge is -2.30. The zero-order chi connectivity index (χ0) is 26.3. The molecular formula is C26H28ClN7O2S2. The van der Waals surface area contributed by atoms with Crippen molar-refractivity contribution in [3.8, 4) is 5.82 Å². The van der Waals surface area contributed by atoms with Gasteiger partial charge in [-0.2, -0.15) is 10.1 Å². The predicted octanol–water partition coefficient (Wildman–Crippen LogP) is 6.53. The van der Waals surface area contributed by atoms with E-state index in [2.05, 4.69) is 32.3 Å². The summed E-state index contributed by atoms with van der Waals surface area (Å²) in [5.74, 6) is 2.26. The number of nitrogens with one attached hydrogen (secondary N) is 1. The Bertz CT molecular complexity index is 1360. The van der Waals surface area contributed by atoms with Crippen molar-refractivity contribution in [2.75, 3.05) is 24.2 Å². The number of nitrogens with zero attached hydrogens (tertiary/aromatic N) is 6. The molecule has 0 spiro atoms. The first-order chi connectivity index (χ1) is 18.6. The average Bonchev–Trinajstić information content (AvgIpc) is 3.62. The SMILES string of the molecule is CCCSc1cnn(-c2nc(Nc3cnc(C4CCN(C(=O)OCc5ccccc5)CC4)s3)ncc2Cl)c1. The minimum Gasteiger partial charge on any atom is -0.445 e. The molecule has 1 amide bonds. The molecule has 1 fully saturated rings. The Hall–Kier alpha value is -3.15. The second-order valence-corrected chi connectivity index (χ2v) is 11.5. The van der Waals surface area contributed by atoms with Gasteiger partial charge < -0.3 is 15.0 Å². The maximum atomic E-state index is 12.5. The fraction of sp³-hybridized carbons (Fsp3) is 0.346. The summed E-state index contributed by atoms with van der Waals surface area (Å²) in [5.41, 5.74) is 0.982. The fourth-order valence-electron chi connectivity index (χ4n) is 4.06. The van der Waals surface area contributed by atoms with E-state index in [-0.39, 0.29) is 12.7 Å². The Balaban J connectivity index is 1.15. The van der Waals surface area contributed by atoms with Gasteiger partial charge in [-0.15, -0.1) is 23.1 Å². The molecule has 12 heteroatoms. The van der Waals surface area contributed by atoms with E-state index in [1.165, 1.54) is 0 Å². The molecule has 4 aromatic rings. The molecule has 0 unspecified atom stereocenters. The third-order valence-electron chi connectivity index (χ3n) is 6.04. The Morgan fingerprint density at radius 3 is 2.79 bits per heavy atom. The maximum absolute atomic E-state index is 12.5. The van der Waals surface area contributed by atoms with Crippen LogP contribution in [0.3, 0.4) is 0 Å². The van der Waals surface area contributed by atoms with Gasteiger partial charge in [0.1, 0.15) is 16.6 Å². The van der Waals surface area contributed by atoms with Crippen LogP contribution < -0.4 is 5.32 Å². The van der Waals surface area contributed by atoms with Crippen molar-refractivity contribution < 1.29 is 9.53 Å². The highest BCUT2D eigenvalue weighted by Crippen LogP contribution is 2.34. The second kappa shape index (κ2) is 12.6. The molecule has 1 aliphatic rings. The van der Waals surface area contributed by atoms with E-state index in [9.17, 15) is 4.79 Å². The van der Waals surface area contributed by atoms with Crippen molar-refractivity contribution in [2.24, 2.45) is 0 Å². The largest absolute Gasteiger partial charge is 0.445 e. The summed E-state index contributed by atoms with van der Waals surface area (Å²) in [7, 11) is 0. The summed E-state index contributed by atoms with van der Waals surface area (Å²) < 4.78 is 7.15. The molecule has 0 saturated carbocycles. The Kier molecular flexibility index (Phi) is 8.77. The summed E-state index contributed by atoms with van der Waals surface area (Å²) in [6.07, 6.45) is 9.61. The first-order valence-corrected chi connectivity index (χ1v) is 14.7. The van der Waals surface area contributed by atoms with Crippen LogP contribution in [0.2, 0.25) is 5.02 Å². The second-order valence-electron chi connectivity index (χ2n) is 8.82. The van der Waals surface area contributed by atoms with Crippen molar-refractivity contribution in [3.63, 3.8) is 0 Å². The molecule has 0 radical (unpaired) electrons. The van der Waals surface area contributed by atoms with Gasteiger partial charge in [0.25, 0.3) is 0 Å². The number of amides is 1. The highest BCUT2D eigenvalue weighted by Gasteiger charge is 2.26. The van der Waals surface area contributed by atoms with E-state index in [1.807, 2.05) is 42.7 Å². The van der Waals surface area contributed by atoms with E-state index in [4.69, 9.17) is 16.3 Å². The third kappa shape index (κ3) is 6.64. The molecule has 0 bridgehead atoms. The van der Waals surface area contributed by atoms with Crippen molar-refractivity contribution in [1.29, 1.82) is 0 Å². The van der Waals surface area contributed by atoms with E-state index >= 15 is 0 Å². The van der Waals surface area contributed by atoms with Gasteiger partial charge in [-0.1, -0.05) is 48.9 Å². The van der Waals surface area contributed by atoms with E-state index in [0.717, 1.165) is 45.5 Å². The molecule has 1 aliphatic heterocycles. The number of ether oxygens (including phenoxy) is 1. The number of thiazole rings is 1. The van der Waals surface area contributed by atoms with Crippen molar-refractivity contribution in [3.05, 3.63) is 70.7 Å². The lowest BCUT2D eigenvalue weighted by Crippen LogP contribution is -2.38. The highest BCUT2D eigenvalue weighted by molar-refractivity contribution is 7.99. The maximum Gasteiger partial charge on any atom is 0.410 e. The highest BCUT2D eigenvalue weighted by atomic mass is 35.5. The van der Waals surface area contributed by atoms with Crippen LogP contribution in [0.4, 0.5) is 15.7 Å². The number of hydrogen-bond donors (Lipinski definition) is 1. The summed E-state index contributed by atoms with van der Waals surface area (Å²) in [6.45, 7) is 3.73. The number of piperidine rings is 1. The number of anilines is 2. The van der Waals surface area contributed by atoms with E-state index in [1.54, 1.807) is 45.1 Å². The first-order valence-electron chi connectivity index (χ1n) is 12.5. The average molecular weight is 570 g/mol. The van der Waals surface area contributed by atoms with Crippen LogP contribution >= 0.6 is 34.7 Å². The fourth-order valence-corrected chi connectivity index (χ4v) is 5.95. The smallest absolute Gasteiger partial charge is 0.410 e. The predicted molar refractivity (Wildman–Crippen MR) is 151 cm³/mol. The lowest BCUT2D eigenvalue weighted by molar-refractivity contribution is 0.0870. The number of rotatable bonds is 9. The number of carbonyl (C=O) groups excluding carboxylic acids is 1. The van der Waals surface area contributed by atoms with Gasteiger partial charge in [0.2, 0.25) is 5.95 Å². The first kappa shape index (κ1) is 26.5. The van der Waals surface area contributed by atoms with Gasteiger partial charge in [0, 0.05) is 30.1 Å². The molecular weight excluding hydrogens is 542 g/mol. The number of thioether (sulfide) groups is 1. The molecule has 0 atom stereocenters. The van der Waals surface area contributed by atoms with Gasteiger partial charge in [-0.25, -0.2) is 19.4 Å². The van der Waals surface area contributed by atoms with Crippen LogP contribution in [-0.4, -0.2) is 54.6 Å². The molecule has 5 rings (SSSR count). The monoisotopic (exact) mass is 569 g/mol. The number of hydrogen-bond acceptors (Lipinski definition) is 9. The molecule has 1 N–H and O–H groups in total. The summed E-state index contributed by atoms with van der Waals surface area (Å²) in [4.78, 5) is 28.9. The molecule has 1 saturated heterocycles. The Labute approximate surface area is 234 Å². The topological polar surface area (TPSA) is 98.1 Å². The van der Waals surface area contributed by atoms with Crippen molar-refractivity contribution in [2.45, 2.75) is 43.6 Å². The van der Waals surface area contributed by atoms with Crippen LogP contribution in [0, 0.1) is 0 Å². The number of benzene rings is 1. The molecule has 198 valence electrons. The normalized spacial score (nSPS) is 14.0. The minimum atomic E-state index is -0.266. The van der Waals surface area contributed by atoms with Crippen LogP contribution in [0.15, 0.2) is 60.0 Å². The van der Waals surface area contributed by atoms with Crippen LogP contribution in [0.25, 0.3) is 5.82 Å². The van der Waals surface area contributed by atoms with Crippen LogP contribution in [0.5, 0.6) is 0 Å². The number of carbonyl (C=O) groups is 1. The Morgan fingerprint density at radius 1 is 1.18 bits per heavy atom. The number of halogens is 1. The summed E-state index contributed by atoms with van der Waals surface area (Å²) in [5, 5.41) is 9.95. The van der Waals surface area contributed by atoms with E-state index < -0.39 is 0 Å². The van der Waals surface area contributed by atoms with Gasteiger partial charge in [0.15, 0.2) is 5.82 Å². The van der Waals surface area contributed by atoms with Crippen LogP contribution in [0.1, 0.15) is 42.7 Å². The standard InChI is InChI=1S/C26H28ClN7O2S2/c1-2-12-37-20-13-30-34(16-20)23-21(27)14-29-25(32-23)31-22-15-28-24(38-22)19-8-10-33(11-9-19)26(35)36-17-18-6-4-3-5-7-18/h3-7,13-16,19H,2,8-12,17H2,1H3,(H,29,31,32). The molecule has 3 aromatic heterocycles. The molecule has 38 heavy (non-hydrogen) atoms. The van der Waals surface area contributed by atoms with Crippen LogP contribution in [-0.2, 0) is 11.3 Å². The van der Waals surface area contributed by atoms with Crippen molar-refractivity contribution >= 4 is 51.7 Å². The molecule has 4 heterocycles. The Morgan fingerprint density at radius 2 is 2.00 bits per heavy atom. The summed E-state index contributed by atoms with van der Waals surface area (Å²) >= 11 is 9.69. The lowest BCUT2D eigenvalue weighted by atomic mass is 9.98. The number of aromatic nitrogens is 5. The van der Waals surface area contributed by atoms with Gasteiger partial charge in [-0.3, -0.25) is 0 Å². The molecule has 9 nitrogen and oxygen atoms in total. The van der Waals surface area contributed by atoms with Gasteiger partial charge >= 0.3 is 6.09 Å². The van der Waals surface area contributed by atoms with Crippen molar-refractivity contribution in [1.82, 2.24) is 29.6 Å².